The lowest BCUT2D eigenvalue weighted by Crippen LogP contribution is -2.35. The van der Waals surface area contributed by atoms with Crippen LogP contribution in [-0.4, -0.2) is 29.0 Å². The number of carbonyl (C=O) groups excluding carboxylic acids is 1. The Balaban J connectivity index is 2.60. The van der Waals surface area contributed by atoms with E-state index in [1.807, 2.05) is 0 Å². The van der Waals surface area contributed by atoms with E-state index < -0.39 is 0 Å². The zero-order valence-electron chi connectivity index (χ0n) is 8.53. The number of hydrogen-bond acceptors (Lipinski definition) is 4. The average molecular weight is 194 g/mol. The Hall–Kier alpha value is -1.49. The minimum atomic E-state index is -0.226. The minimum absolute atomic E-state index is 0.0973. The summed E-state index contributed by atoms with van der Waals surface area (Å²) in [5, 5.41) is 5.54. The van der Waals surface area contributed by atoms with Gasteiger partial charge in [-0.2, -0.15) is 0 Å². The van der Waals surface area contributed by atoms with Crippen LogP contribution in [-0.2, 0) is 4.79 Å². The highest BCUT2D eigenvalue weighted by Crippen LogP contribution is 2.02. The van der Waals surface area contributed by atoms with Crippen LogP contribution in [0.25, 0.3) is 0 Å². The Labute approximate surface area is 83.0 Å². The first-order valence-electron chi connectivity index (χ1n) is 4.40. The van der Waals surface area contributed by atoms with Gasteiger partial charge < -0.3 is 10.6 Å². The van der Waals surface area contributed by atoms with Crippen molar-refractivity contribution in [2.24, 2.45) is 0 Å². The topological polar surface area (TPSA) is 66.9 Å². The van der Waals surface area contributed by atoms with E-state index in [1.54, 1.807) is 33.3 Å². The zero-order chi connectivity index (χ0) is 10.6. The highest BCUT2D eigenvalue weighted by Gasteiger charge is 2.09. The maximum absolute atomic E-state index is 11.4. The molecule has 5 nitrogen and oxygen atoms in total. The van der Waals surface area contributed by atoms with E-state index in [2.05, 4.69) is 20.6 Å². The number of hydrogen-bond donors (Lipinski definition) is 2. The van der Waals surface area contributed by atoms with Gasteiger partial charge in [-0.1, -0.05) is 0 Å². The molecule has 0 aliphatic rings. The van der Waals surface area contributed by atoms with Gasteiger partial charge in [-0.05, 0) is 20.9 Å². The molecule has 1 unspecified atom stereocenters. The van der Waals surface area contributed by atoms with Gasteiger partial charge in [0.15, 0.2) is 0 Å². The summed E-state index contributed by atoms with van der Waals surface area (Å²) in [5.41, 5.74) is 0.614. The molecule has 5 heteroatoms. The van der Waals surface area contributed by atoms with Crippen molar-refractivity contribution in [1.29, 1.82) is 0 Å². The van der Waals surface area contributed by atoms with E-state index in [0.29, 0.717) is 11.5 Å². The number of amides is 1. The lowest BCUT2D eigenvalue weighted by Gasteiger charge is -2.10. The Morgan fingerprint density at radius 2 is 2.00 bits per heavy atom. The molecule has 1 amide bonds. The van der Waals surface area contributed by atoms with Crippen molar-refractivity contribution in [1.82, 2.24) is 15.3 Å². The zero-order valence-corrected chi connectivity index (χ0v) is 8.53. The van der Waals surface area contributed by atoms with Gasteiger partial charge in [-0.25, -0.2) is 9.97 Å². The molecule has 2 N–H and O–H groups in total. The summed E-state index contributed by atoms with van der Waals surface area (Å²) in [6, 6.07) is -0.226. The van der Waals surface area contributed by atoms with Crippen LogP contribution >= 0.6 is 0 Å². The summed E-state index contributed by atoms with van der Waals surface area (Å²) in [4.78, 5) is 19.3. The molecule has 0 radical (unpaired) electrons. The third-order valence-corrected chi connectivity index (χ3v) is 1.87. The van der Waals surface area contributed by atoms with Gasteiger partial charge in [0.2, 0.25) is 5.91 Å². The molecule has 0 aliphatic carbocycles. The van der Waals surface area contributed by atoms with Crippen molar-refractivity contribution < 1.29 is 4.79 Å². The summed E-state index contributed by atoms with van der Waals surface area (Å²) in [5.74, 6) is 0.588. The van der Waals surface area contributed by atoms with Gasteiger partial charge in [-0.15, -0.1) is 0 Å². The van der Waals surface area contributed by atoms with Gasteiger partial charge >= 0.3 is 0 Å². The van der Waals surface area contributed by atoms with E-state index in [9.17, 15) is 4.79 Å². The first-order valence-corrected chi connectivity index (χ1v) is 4.40. The molecule has 1 heterocycles. The molecule has 0 saturated carbocycles. The van der Waals surface area contributed by atoms with Crippen LogP contribution in [0.3, 0.4) is 0 Å². The summed E-state index contributed by atoms with van der Waals surface area (Å²) in [7, 11) is 1.73. The largest absolute Gasteiger partial charge is 0.322 e. The maximum atomic E-state index is 11.4. The molecule has 14 heavy (non-hydrogen) atoms. The molecule has 0 aromatic carbocycles. The number of likely N-dealkylation sites (N-methyl/N-ethyl adjacent to an activating group) is 1. The number of rotatable bonds is 3. The second-order valence-corrected chi connectivity index (χ2v) is 3.02. The fourth-order valence-corrected chi connectivity index (χ4v) is 0.839. The first kappa shape index (κ1) is 10.6. The van der Waals surface area contributed by atoms with Crippen LogP contribution < -0.4 is 10.6 Å². The second-order valence-electron chi connectivity index (χ2n) is 3.02. The van der Waals surface area contributed by atoms with Gasteiger partial charge in [0.25, 0.3) is 0 Å². The van der Waals surface area contributed by atoms with Crippen molar-refractivity contribution in [3.63, 3.8) is 0 Å². The Bertz CT molecular complexity index is 309. The monoisotopic (exact) mass is 194 g/mol. The van der Waals surface area contributed by atoms with E-state index in [1.165, 1.54) is 0 Å². The molecule has 1 aromatic heterocycles. The number of nitrogens with one attached hydrogen (secondary N) is 2. The summed E-state index contributed by atoms with van der Waals surface area (Å²) in [6.45, 7) is 3.58. The van der Waals surface area contributed by atoms with Gasteiger partial charge in [-0.3, -0.25) is 4.79 Å². The van der Waals surface area contributed by atoms with Crippen molar-refractivity contribution >= 4 is 11.6 Å². The third kappa shape index (κ3) is 2.77. The lowest BCUT2D eigenvalue weighted by atomic mass is 10.3. The average Bonchev–Trinajstić information content (AvgIpc) is 2.20. The normalized spacial score (nSPS) is 12.2. The van der Waals surface area contributed by atoms with Gasteiger partial charge in [0.1, 0.15) is 5.82 Å². The molecule has 0 fully saturated rings. The molecule has 0 saturated heterocycles. The third-order valence-electron chi connectivity index (χ3n) is 1.87. The molecule has 1 atom stereocenters. The number of anilines is 1. The van der Waals surface area contributed by atoms with Crippen molar-refractivity contribution in [2.45, 2.75) is 19.9 Å². The first-order chi connectivity index (χ1) is 6.63. The van der Waals surface area contributed by atoms with Crippen LogP contribution in [0.2, 0.25) is 0 Å². The van der Waals surface area contributed by atoms with Crippen LogP contribution in [0.5, 0.6) is 0 Å². The Morgan fingerprint density at radius 3 is 2.50 bits per heavy atom. The molecule has 0 bridgehead atoms. The van der Waals surface area contributed by atoms with E-state index in [-0.39, 0.29) is 11.9 Å². The van der Waals surface area contributed by atoms with Gasteiger partial charge in [0.05, 0.1) is 24.1 Å². The molecular formula is C9H14N4O. The molecule has 76 valence electrons. The number of aromatic nitrogens is 2. The molecular weight excluding hydrogens is 180 g/mol. The van der Waals surface area contributed by atoms with E-state index in [4.69, 9.17) is 0 Å². The predicted octanol–water partition coefficient (Wildman–Crippen LogP) is 0.331. The van der Waals surface area contributed by atoms with Crippen molar-refractivity contribution in [3.8, 4) is 0 Å². The minimum Gasteiger partial charge on any atom is -0.322 e. The molecule has 0 spiro atoms. The SMILES string of the molecule is CNC(C)C(=O)Nc1cnc(C)nc1. The number of carbonyl (C=O) groups is 1. The van der Waals surface area contributed by atoms with Crippen molar-refractivity contribution in [3.05, 3.63) is 18.2 Å². The van der Waals surface area contributed by atoms with Crippen LogP contribution in [0.4, 0.5) is 5.69 Å². The summed E-state index contributed by atoms with van der Waals surface area (Å²) in [6.07, 6.45) is 3.17. The second kappa shape index (κ2) is 4.66. The van der Waals surface area contributed by atoms with E-state index >= 15 is 0 Å². The van der Waals surface area contributed by atoms with Gasteiger partial charge in [0, 0.05) is 0 Å². The van der Waals surface area contributed by atoms with Crippen LogP contribution in [0.15, 0.2) is 12.4 Å². The standard InChI is InChI=1S/C9H14N4O/c1-6(10-3)9(14)13-8-4-11-7(2)12-5-8/h4-6,10H,1-3H3,(H,13,14). The lowest BCUT2D eigenvalue weighted by molar-refractivity contribution is -0.117. The molecule has 1 rings (SSSR count). The highest BCUT2D eigenvalue weighted by atomic mass is 16.2. The van der Waals surface area contributed by atoms with Crippen LogP contribution in [0.1, 0.15) is 12.7 Å². The fourth-order valence-electron chi connectivity index (χ4n) is 0.839. The fraction of sp³-hybridized carbons (Fsp3) is 0.444. The molecule has 0 aliphatic heterocycles. The highest BCUT2D eigenvalue weighted by molar-refractivity contribution is 5.94. The molecule has 1 aromatic rings. The quantitative estimate of drug-likeness (QED) is 0.727. The van der Waals surface area contributed by atoms with E-state index in [0.717, 1.165) is 0 Å². The number of aryl methyl sites for hydroxylation is 1. The Kier molecular flexibility index (Phi) is 3.53. The number of nitrogens with zero attached hydrogens (tertiary/aromatic N) is 2. The summed E-state index contributed by atoms with van der Waals surface area (Å²) >= 11 is 0. The van der Waals surface area contributed by atoms with Crippen molar-refractivity contribution in [2.75, 3.05) is 12.4 Å². The Morgan fingerprint density at radius 1 is 1.43 bits per heavy atom. The predicted molar refractivity (Wildman–Crippen MR) is 53.9 cm³/mol. The van der Waals surface area contributed by atoms with Crippen LogP contribution in [0, 0.1) is 6.92 Å². The summed E-state index contributed by atoms with van der Waals surface area (Å²) < 4.78 is 0. The smallest absolute Gasteiger partial charge is 0.241 e. The maximum Gasteiger partial charge on any atom is 0.241 e.